The third-order valence-corrected chi connectivity index (χ3v) is 6.66. The van der Waals surface area contributed by atoms with Crippen molar-refractivity contribution in [1.29, 1.82) is 0 Å². The van der Waals surface area contributed by atoms with Gasteiger partial charge in [0, 0.05) is 12.7 Å². The Kier molecular flexibility index (Phi) is 7.46. The number of hydrogen-bond acceptors (Lipinski definition) is 5. The summed E-state index contributed by atoms with van der Waals surface area (Å²) in [5.74, 6) is -1.49. The van der Waals surface area contributed by atoms with E-state index in [1.54, 1.807) is 6.92 Å². The maximum Gasteiger partial charge on any atom is 0.273 e. The minimum absolute atomic E-state index is 0.0401. The largest absolute Gasteiger partial charge is 0.372 e. The zero-order chi connectivity index (χ0) is 22.6. The van der Waals surface area contributed by atoms with E-state index in [4.69, 9.17) is 4.74 Å². The van der Waals surface area contributed by atoms with Crippen LogP contribution in [0.4, 0.5) is 8.78 Å². The lowest BCUT2D eigenvalue weighted by Crippen LogP contribution is -2.46. The standard InChI is InChI=1S/C23H27F2N3O2S/c1-16(30-4)22(29)28-23(13-8-14-27(2)3,17-9-6-5-7-10-17)31-21(26-28)19-15-18(24)11-12-20(19)25/h5-7,9-12,15-16H,8,13-14H2,1-4H3/t16-,23-/m0/s1. The molecule has 0 aliphatic carbocycles. The fourth-order valence-electron chi connectivity index (χ4n) is 3.48. The van der Waals surface area contributed by atoms with Crippen LogP contribution in [-0.2, 0) is 14.4 Å². The second-order valence-electron chi connectivity index (χ2n) is 7.72. The Balaban J connectivity index is 2.12. The van der Waals surface area contributed by atoms with Crippen LogP contribution >= 0.6 is 11.8 Å². The van der Waals surface area contributed by atoms with Gasteiger partial charge in [-0.05, 0) is 64.2 Å². The van der Waals surface area contributed by atoms with Crippen molar-refractivity contribution < 1.29 is 18.3 Å². The molecule has 1 aliphatic rings. The number of carbonyl (C=O) groups excluding carboxylic acids is 1. The first-order valence-electron chi connectivity index (χ1n) is 10.1. The molecule has 0 bridgehead atoms. The van der Waals surface area contributed by atoms with Gasteiger partial charge >= 0.3 is 0 Å². The molecule has 0 aromatic heterocycles. The van der Waals surface area contributed by atoms with Crippen molar-refractivity contribution in [3.8, 4) is 0 Å². The summed E-state index contributed by atoms with van der Waals surface area (Å²) in [4.78, 5) is 14.5. The maximum atomic E-state index is 14.6. The molecule has 3 rings (SSSR count). The summed E-state index contributed by atoms with van der Waals surface area (Å²) < 4.78 is 33.8. The van der Waals surface area contributed by atoms with E-state index in [9.17, 15) is 13.6 Å². The summed E-state index contributed by atoms with van der Waals surface area (Å²) in [5, 5.41) is 6.19. The number of nitrogens with zero attached hydrogens (tertiary/aromatic N) is 3. The lowest BCUT2D eigenvalue weighted by atomic mass is 9.99. The van der Waals surface area contributed by atoms with Gasteiger partial charge in [-0.3, -0.25) is 4.79 Å². The van der Waals surface area contributed by atoms with Crippen molar-refractivity contribution in [2.75, 3.05) is 27.7 Å². The Morgan fingerprint density at radius 1 is 1.23 bits per heavy atom. The predicted octanol–water partition coefficient (Wildman–Crippen LogP) is 4.43. The lowest BCUT2D eigenvalue weighted by Gasteiger charge is -2.37. The zero-order valence-electron chi connectivity index (χ0n) is 18.1. The molecule has 0 radical (unpaired) electrons. The molecular formula is C23H27F2N3O2S. The summed E-state index contributed by atoms with van der Waals surface area (Å²) in [7, 11) is 5.42. The molecule has 0 saturated heterocycles. The number of carbonyl (C=O) groups is 1. The fraction of sp³-hybridized carbons (Fsp3) is 0.391. The summed E-state index contributed by atoms with van der Waals surface area (Å²) in [6, 6.07) is 12.8. The lowest BCUT2D eigenvalue weighted by molar-refractivity contribution is -0.144. The van der Waals surface area contributed by atoms with Gasteiger partial charge < -0.3 is 9.64 Å². The third kappa shape index (κ3) is 4.97. The van der Waals surface area contributed by atoms with Gasteiger partial charge in [0.1, 0.15) is 27.7 Å². The predicted molar refractivity (Wildman–Crippen MR) is 120 cm³/mol. The average Bonchev–Trinajstić information content (AvgIpc) is 3.15. The minimum Gasteiger partial charge on any atom is -0.372 e. The highest BCUT2D eigenvalue weighted by atomic mass is 32.2. The van der Waals surface area contributed by atoms with Crippen molar-refractivity contribution in [2.45, 2.75) is 30.7 Å². The topological polar surface area (TPSA) is 45.1 Å². The van der Waals surface area contributed by atoms with Gasteiger partial charge in [0.25, 0.3) is 5.91 Å². The van der Waals surface area contributed by atoms with Crippen molar-refractivity contribution in [3.05, 3.63) is 71.3 Å². The SMILES string of the molecule is CO[C@@H](C)C(=O)N1N=C(c2cc(F)ccc2F)S[C@@]1(CCCN(C)C)c1ccccc1. The van der Waals surface area contributed by atoms with E-state index in [1.807, 2.05) is 44.4 Å². The smallest absolute Gasteiger partial charge is 0.273 e. The molecule has 2 aromatic carbocycles. The molecule has 0 fully saturated rings. The average molecular weight is 448 g/mol. The van der Waals surface area contributed by atoms with Crippen molar-refractivity contribution in [3.63, 3.8) is 0 Å². The molecule has 1 aliphatic heterocycles. The molecule has 1 heterocycles. The Bertz CT molecular complexity index is 955. The number of halogens is 2. The van der Waals surface area contributed by atoms with Gasteiger partial charge in [-0.2, -0.15) is 5.10 Å². The Morgan fingerprint density at radius 3 is 2.58 bits per heavy atom. The number of rotatable bonds is 8. The van der Waals surface area contributed by atoms with E-state index < -0.39 is 22.6 Å². The van der Waals surface area contributed by atoms with Crippen LogP contribution in [0.2, 0.25) is 0 Å². The van der Waals surface area contributed by atoms with Crippen LogP contribution in [0.25, 0.3) is 0 Å². The maximum absolute atomic E-state index is 14.6. The highest BCUT2D eigenvalue weighted by Gasteiger charge is 2.49. The first kappa shape index (κ1) is 23.4. The van der Waals surface area contributed by atoms with E-state index in [0.29, 0.717) is 6.42 Å². The molecule has 1 amide bonds. The Labute approximate surface area is 186 Å². The number of amides is 1. The summed E-state index contributed by atoms with van der Waals surface area (Å²) in [5.41, 5.74) is 0.907. The number of hydrazone groups is 1. The number of ether oxygens (including phenoxy) is 1. The van der Waals surface area contributed by atoms with E-state index in [0.717, 1.165) is 36.7 Å². The molecule has 0 saturated carbocycles. The Hall–Kier alpha value is -2.29. The van der Waals surface area contributed by atoms with Crippen LogP contribution in [-0.4, -0.2) is 54.7 Å². The van der Waals surface area contributed by atoms with Gasteiger partial charge in [0.05, 0.1) is 0 Å². The first-order valence-corrected chi connectivity index (χ1v) is 10.9. The monoisotopic (exact) mass is 447 g/mol. The van der Waals surface area contributed by atoms with Gasteiger partial charge in [0.2, 0.25) is 0 Å². The first-order chi connectivity index (χ1) is 14.8. The van der Waals surface area contributed by atoms with Crippen molar-refractivity contribution in [2.24, 2.45) is 5.10 Å². The molecule has 8 heteroatoms. The van der Waals surface area contributed by atoms with E-state index in [-0.39, 0.29) is 16.5 Å². The number of thioether (sulfide) groups is 1. The normalized spacial score (nSPS) is 19.6. The molecule has 166 valence electrons. The van der Waals surface area contributed by atoms with Crippen LogP contribution in [0.5, 0.6) is 0 Å². The highest BCUT2D eigenvalue weighted by Crippen LogP contribution is 2.51. The summed E-state index contributed by atoms with van der Waals surface area (Å²) in [6.07, 6.45) is 0.610. The molecule has 2 atom stereocenters. The number of hydrogen-bond donors (Lipinski definition) is 0. The van der Waals surface area contributed by atoms with Gasteiger partial charge in [0.15, 0.2) is 0 Å². The van der Waals surface area contributed by atoms with Crippen LogP contribution in [0.3, 0.4) is 0 Å². The van der Waals surface area contributed by atoms with Crippen molar-refractivity contribution in [1.82, 2.24) is 9.91 Å². The third-order valence-electron chi connectivity index (χ3n) is 5.21. The zero-order valence-corrected chi connectivity index (χ0v) is 19.0. The minimum atomic E-state index is -0.894. The second-order valence-corrected chi connectivity index (χ2v) is 8.98. The van der Waals surface area contributed by atoms with Gasteiger partial charge in [-0.15, -0.1) is 0 Å². The molecule has 2 aromatic rings. The van der Waals surface area contributed by atoms with Crippen LogP contribution < -0.4 is 0 Å². The number of benzene rings is 2. The number of methoxy groups -OCH3 is 1. The Morgan fingerprint density at radius 2 is 1.94 bits per heavy atom. The van der Waals surface area contributed by atoms with Crippen molar-refractivity contribution >= 4 is 22.7 Å². The summed E-state index contributed by atoms with van der Waals surface area (Å²) in [6.45, 7) is 2.46. The molecule has 0 spiro atoms. The molecule has 31 heavy (non-hydrogen) atoms. The van der Waals surface area contributed by atoms with Crippen LogP contribution in [0, 0.1) is 11.6 Å². The second kappa shape index (κ2) is 9.89. The highest BCUT2D eigenvalue weighted by molar-refractivity contribution is 8.15. The summed E-state index contributed by atoms with van der Waals surface area (Å²) >= 11 is 1.28. The molecule has 5 nitrogen and oxygen atoms in total. The van der Waals surface area contributed by atoms with E-state index >= 15 is 0 Å². The quantitative estimate of drug-likeness (QED) is 0.601. The van der Waals surface area contributed by atoms with Gasteiger partial charge in [-0.1, -0.05) is 42.1 Å². The molecular weight excluding hydrogens is 420 g/mol. The van der Waals surface area contributed by atoms with E-state index in [1.165, 1.54) is 23.9 Å². The van der Waals surface area contributed by atoms with Crippen LogP contribution in [0.1, 0.15) is 30.9 Å². The molecule has 0 unspecified atom stereocenters. The van der Waals surface area contributed by atoms with Gasteiger partial charge in [-0.25, -0.2) is 13.8 Å². The van der Waals surface area contributed by atoms with E-state index in [2.05, 4.69) is 10.0 Å². The molecule has 0 N–H and O–H groups in total. The van der Waals surface area contributed by atoms with Crippen LogP contribution in [0.15, 0.2) is 53.6 Å². The fourth-order valence-corrected chi connectivity index (χ4v) is 4.91.